The van der Waals surface area contributed by atoms with Gasteiger partial charge in [-0.1, -0.05) is 23.7 Å². The summed E-state index contributed by atoms with van der Waals surface area (Å²) in [5.74, 6) is -0.465. The number of nitrogens with zero attached hydrogens (tertiary/aromatic N) is 1. The van der Waals surface area contributed by atoms with Crippen LogP contribution in [0.1, 0.15) is 19.8 Å². The number of fused-ring (bicyclic) bond motifs is 2. The standard InChI is InChI=1S/C16H19ClN2O4S.C6H4O2S/c1-2-23-16(20)11-5-7-19(8-6-11)24(21,22)15-10-12-9-13(17)3-4-14(12)18-15;7-9(8)5-3-1-2-4-6(5)9/h3-4,9-11,18H,2,5-8H2,1H3;1-4H. The van der Waals surface area contributed by atoms with Gasteiger partial charge in [-0.15, -0.1) is 0 Å². The summed E-state index contributed by atoms with van der Waals surface area (Å²) in [4.78, 5) is 15.7. The number of carbonyl (C=O) groups is 1. The minimum Gasteiger partial charge on any atom is -0.466 e. The number of esters is 1. The SMILES string of the molecule is CCOC(=O)C1CCN(S(=O)(=O)c2cc3cc(Cl)ccc3[nH]2)CC1.O=S1(=O)c2ccccc21. The van der Waals surface area contributed by atoms with Crippen LogP contribution in [-0.2, 0) is 29.4 Å². The summed E-state index contributed by atoms with van der Waals surface area (Å²) in [5, 5.41) is 1.46. The van der Waals surface area contributed by atoms with Gasteiger partial charge in [0.2, 0.25) is 9.84 Å². The fourth-order valence-corrected chi connectivity index (χ4v) is 6.77. The number of halogens is 1. The molecule has 5 rings (SSSR count). The summed E-state index contributed by atoms with van der Waals surface area (Å²) in [5.41, 5.74) is 0.722. The number of piperidine rings is 1. The number of hydrogen-bond donors (Lipinski definition) is 1. The van der Waals surface area contributed by atoms with Gasteiger partial charge in [-0.3, -0.25) is 4.79 Å². The van der Waals surface area contributed by atoms with Crippen LogP contribution in [0.3, 0.4) is 0 Å². The third-order valence-electron chi connectivity index (χ3n) is 5.64. The molecule has 0 aliphatic carbocycles. The van der Waals surface area contributed by atoms with Crippen LogP contribution in [-0.4, -0.2) is 51.8 Å². The summed E-state index contributed by atoms with van der Waals surface area (Å²) < 4.78 is 53.5. The Morgan fingerprint density at radius 3 is 2.33 bits per heavy atom. The molecular formula is C22H23ClN2O6S2. The number of hydrogen-bond acceptors (Lipinski definition) is 6. The molecule has 11 heteroatoms. The van der Waals surface area contributed by atoms with E-state index in [0.29, 0.717) is 47.4 Å². The van der Waals surface area contributed by atoms with E-state index in [0.717, 1.165) is 10.9 Å². The monoisotopic (exact) mass is 510 g/mol. The zero-order valence-electron chi connectivity index (χ0n) is 17.8. The van der Waals surface area contributed by atoms with Crippen LogP contribution in [0.5, 0.6) is 0 Å². The van der Waals surface area contributed by atoms with Crippen LogP contribution in [0.4, 0.5) is 0 Å². The van der Waals surface area contributed by atoms with Gasteiger partial charge in [0, 0.05) is 29.0 Å². The van der Waals surface area contributed by atoms with E-state index in [1.807, 2.05) is 0 Å². The van der Waals surface area contributed by atoms with Gasteiger partial charge in [0.15, 0.2) is 0 Å². The Morgan fingerprint density at radius 1 is 1.12 bits per heavy atom. The molecule has 2 aliphatic rings. The van der Waals surface area contributed by atoms with Crippen molar-refractivity contribution in [1.29, 1.82) is 0 Å². The maximum Gasteiger partial charge on any atom is 0.309 e. The molecule has 0 radical (unpaired) electrons. The summed E-state index contributed by atoms with van der Waals surface area (Å²) in [6.07, 6.45) is 0.953. The highest BCUT2D eigenvalue weighted by Crippen LogP contribution is 2.38. The van der Waals surface area contributed by atoms with Gasteiger partial charge in [0.25, 0.3) is 10.0 Å². The molecule has 2 aliphatic heterocycles. The first-order valence-electron chi connectivity index (χ1n) is 10.4. The second-order valence-corrected chi connectivity index (χ2v) is 12.0. The van der Waals surface area contributed by atoms with Gasteiger partial charge in [0.05, 0.1) is 22.3 Å². The Hall–Kier alpha value is -2.40. The first kappa shape index (κ1) is 23.7. The molecule has 2 aromatic carbocycles. The molecule has 0 saturated carbocycles. The van der Waals surface area contributed by atoms with Crippen molar-refractivity contribution >= 4 is 48.3 Å². The fourth-order valence-electron chi connectivity index (χ4n) is 3.80. The third-order valence-corrected chi connectivity index (χ3v) is 9.36. The van der Waals surface area contributed by atoms with Gasteiger partial charge >= 0.3 is 5.97 Å². The van der Waals surface area contributed by atoms with Gasteiger partial charge in [-0.2, -0.15) is 4.31 Å². The lowest BCUT2D eigenvalue weighted by molar-refractivity contribution is -0.149. The fraction of sp³-hybridized carbons (Fsp3) is 0.318. The van der Waals surface area contributed by atoms with Gasteiger partial charge < -0.3 is 9.72 Å². The Labute approximate surface area is 197 Å². The molecule has 0 unspecified atom stereocenters. The highest BCUT2D eigenvalue weighted by atomic mass is 35.5. The number of ether oxygens (including phenoxy) is 1. The second-order valence-electron chi connectivity index (χ2n) is 7.75. The second kappa shape index (κ2) is 9.09. The topological polar surface area (TPSA) is 114 Å². The summed E-state index contributed by atoms with van der Waals surface area (Å²) in [6, 6.07) is 13.5. The molecule has 0 atom stereocenters. The molecule has 0 bridgehead atoms. The Kier molecular flexibility index (Phi) is 6.54. The van der Waals surface area contributed by atoms with Gasteiger partial charge in [0.1, 0.15) is 5.03 Å². The highest BCUT2D eigenvalue weighted by molar-refractivity contribution is 7.97. The van der Waals surface area contributed by atoms with E-state index in [2.05, 4.69) is 4.98 Å². The molecule has 8 nitrogen and oxygen atoms in total. The lowest BCUT2D eigenvalue weighted by Gasteiger charge is -2.29. The normalized spacial score (nSPS) is 17.6. The number of sulfonamides is 1. The van der Waals surface area contributed by atoms with Crippen molar-refractivity contribution in [2.75, 3.05) is 19.7 Å². The van der Waals surface area contributed by atoms with Crippen LogP contribution < -0.4 is 0 Å². The zero-order chi connectivity index (χ0) is 23.8. The van der Waals surface area contributed by atoms with Crippen LogP contribution in [0, 0.1) is 5.92 Å². The van der Waals surface area contributed by atoms with Crippen LogP contribution in [0.15, 0.2) is 63.3 Å². The first-order chi connectivity index (χ1) is 15.6. The van der Waals surface area contributed by atoms with E-state index >= 15 is 0 Å². The quantitative estimate of drug-likeness (QED) is 0.331. The average Bonchev–Trinajstić information content (AvgIpc) is 3.14. The molecule has 3 heterocycles. The van der Waals surface area contributed by atoms with Crippen LogP contribution in [0.2, 0.25) is 5.02 Å². The Balaban J connectivity index is 0.000000238. The zero-order valence-corrected chi connectivity index (χ0v) is 20.2. The molecule has 0 amide bonds. The number of nitrogens with one attached hydrogen (secondary N) is 1. The van der Waals surface area contributed by atoms with E-state index in [1.54, 1.807) is 55.5 Å². The number of carbonyl (C=O) groups excluding carboxylic acids is 1. The van der Waals surface area contributed by atoms with E-state index < -0.39 is 19.9 Å². The maximum atomic E-state index is 12.8. The minimum atomic E-state index is -3.62. The van der Waals surface area contributed by atoms with Gasteiger partial charge in [-0.05, 0) is 56.2 Å². The van der Waals surface area contributed by atoms with E-state index in [1.165, 1.54) is 4.31 Å². The van der Waals surface area contributed by atoms with Crippen molar-refractivity contribution in [3.63, 3.8) is 0 Å². The van der Waals surface area contributed by atoms with Crippen molar-refractivity contribution in [2.24, 2.45) is 5.92 Å². The summed E-state index contributed by atoms with van der Waals surface area (Å²) >= 11 is 5.94. The van der Waals surface area contributed by atoms with Gasteiger partial charge in [-0.25, -0.2) is 16.8 Å². The third kappa shape index (κ3) is 4.79. The molecule has 1 fully saturated rings. The van der Waals surface area contributed by atoms with E-state index in [9.17, 15) is 21.6 Å². The molecule has 176 valence electrons. The molecule has 1 N–H and O–H groups in total. The molecule has 1 saturated heterocycles. The van der Waals surface area contributed by atoms with Crippen LogP contribution >= 0.6 is 11.6 Å². The van der Waals surface area contributed by atoms with Crippen molar-refractivity contribution in [2.45, 2.75) is 34.6 Å². The number of aromatic amines is 1. The molecule has 0 spiro atoms. The van der Waals surface area contributed by atoms with E-state index in [-0.39, 0.29) is 16.9 Å². The number of sulfone groups is 1. The number of aromatic nitrogens is 1. The lowest BCUT2D eigenvalue weighted by atomic mass is 9.98. The Morgan fingerprint density at radius 2 is 1.76 bits per heavy atom. The smallest absolute Gasteiger partial charge is 0.309 e. The maximum absolute atomic E-state index is 12.8. The van der Waals surface area contributed by atoms with Crippen molar-refractivity contribution in [3.8, 4) is 0 Å². The van der Waals surface area contributed by atoms with Crippen LogP contribution in [0.25, 0.3) is 10.9 Å². The van der Waals surface area contributed by atoms with Crippen molar-refractivity contribution in [1.82, 2.24) is 9.29 Å². The van der Waals surface area contributed by atoms with Crippen molar-refractivity contribution < 1.29 is 26.4 Å². The number of H-pyrrole nitrogens is 1. The molecule has 33 heavy (non-hydrogen) atoms. The average molecular weight is 511 g/mol. The minimum absolute atomic E-state index is 0.148. The first-order valence-corrected chi connectivity index (χ1v) is 13.7. The lowest BCUT2D eigenvalue weighted by Crippen LogP contribution is -2.40. The largest absolute Gasteiger partial charge is 0.466 e. The van der Waals surface area contributed by atoms with Crippen molar-refractivity contribution in [3.05, 3.63) is 53.6 Å². The molecular weight excluding hydrogens is 488 g/mol. The predicted molar refractivity (Wildman–Crippen MR) is 123 cm³/mol. The highest BCUT2D eigenvalue weighted by Gasteiger charge is 2.37. The summed E-state index contributed by atoms with van der Waals surface area (Å²) in [6.45, 7) is 2.72. The number of rotatable bonds is 4. The summed E-state index contributed by atoms with van der Waals surface area (Å²) in [7, 11) is -6.49. The predicted octanol–water partition coefficient (Wildman–Crippen LogP) is 3.62. The number of benzene rings is 2. The Bertz CT molecular complexity index is 1380. The molecule has 3 aromatic rings. The van der Waals surface area contributed by atoms with E-state index in [4.69, 9.17) is 16.3 Å². The molecule has 1 aromatic heterocycles.